The minimum Gasteiger partial charge on any atom is -0.545 e. The Balaban J connectivity index is 2.00. The van der Waals surface area contributed by atoms with Crippen LogP contribution in [0.25, 0.3) is 22.6 Å². The van der Waals surface area contributed by atoms with Crippen molar-refractivity contribution in [1.82, 2.24) is 4.98 Å². The van der Waals surface area contributed by atoms with E-state index in [0.29, 0.717) is 16.5 Å². The maximum atomic E-state index is 11.8. The fraction of sp³-hybridized carbons (Fsp3) is 0.200. The third kappa shape index (κ3) is 2.43. The third-order valence-electron chi connectivity index (χ3n) is 4.58. The lowest BCUT2D eigenvalue weighted by Crippen LogP contribution is -2.26. The quantitative estimate of drug-likeness (QED) is 0.715. The van der Waals surface area contributed by atoms with Gasteiger partial charge in [0.15, 0.2) is 0 Å². The maximum Gasteiger partial charge on any atom is 0.0725 e. The first-order valence-electron chi connectivity index (χ1n) is 8.03. The van der Waals surface area contributed by atoms with Crippen molar-refractivity contribution in [2.45, 2.75) is 26.2 Å². The van der Waals surface area contributed by atoms with Gasteiger partial charge in [-0.25, -0.2) is 4.98 Å². The number of pyridine rings is 1. The van der Waals surface area contributed by atoms with Gasteiger partial charge in [0.25, 0.3) is 0 Å². The number of allylic oxidation sites excluding steroid dienone is 1. The highest BCUT2D eigenvalue weighted by molar-refractivity contribution is 7.11. The highest BCUT2D eigenvalue weighted by Crippen LogP contribution is 2.36. The fourth-order valence-electron chi connectivity index (χ4n) is 3.40. The summed E-state index contributed by atoms with van der Waals surface area (Å²) in [4.78, 5) is 17.8. The van der Waals surface area contributed by atoms with Crippen molar-refractivity contribution in [2.24, 2.45) is 0 Å². The third-order valence-corrected chi connectivity index (χ3v) is 5.55. The summed E-state index contributed by atoms with van der Waals surface area (Å²) in [5, 5.41) is 14.6. The molecule has 3 nitrogen and oxygen atoms in total. The van der Waals surface area contributed by atoms with Crippen molar-refractivity contribution < 1.29 is 9.90 Å². The second-order valence-corrected chi connectivity index (χ2v) is 7.06. The summed E-state index contributed by atoms with van der Waals surface area (Å²) in [6, 6.07) is 9.51. The largest absolute Gasteiger partial charge is 0.545 e. The Kier molecular flexibility index (Phi) is 3.69. The number of aromatic carboxylic acids is 1. The highest BCUT2D eigenvalue weighted by Gasteiger charge is 2.22. The number of hydrogen-bond acceptors (Lipinski definition) is 4. The molecular formula is C20H16NO2S-. The van der Waals surface area contributed by atoms with Crippen LogP contribution in [0.1, 0.15) is 44.9 Å². The Morgan fingerprint density at radius 1 is 1.25 bits per heavy atom. The number of carboxylic acid groups (broad SMARTS) is 1. The standard InChI is InChI=1S/C20H17NO2S/c1-12-9-10-24-17(12)11-13-5-4-7-15-18(20(22)23)14-6-2-3-8-16(14)21-19(13)15/h2-3,6,8-11H,4-5,7H2,1H3,(H,22,23)/p-1/b13-11+. The van der Waals surface area contributed by atoms with Crippen LogP contribution in [-0.4, -0.2) is 11.0 Å². The van der Waals surface area contributed by atoms with Crippen molar-refractivity contribution in [2.75, 3.05) is 0 Å². The average Bonchev–Trinajstić information content (AvgIpc) is 2.98. The molecule has 0 saturated heterocycles. The number of rotatable bonds is 2. The molecule has 24 heavy (non-hydrogen) atoms. The van der Waals surface area contributed by atoms with Crippen LogP contribution in [0.2, 0.25) is 0 Å². The van der Waals surface area contributed by atoms with Gasteiger partial charge in [-0.1, -0.05) is 18.2 Å². The first kappa shape index (κ1) is 15.1. The lowest BCUT2D eigenvalue weighted by molar-refractivity contribution is -0.254. The molecule has 0 amide bonds. The molecule has 2 heterocycles. The number of fused-ring (bicyclic) bond motifs is 2. The normalized spacial score (nSPS) is 15.6. The predicted octanol–water partition coefficient (Wildman–Crippen LogP) is 3.85. The minimum atomic E-state index is -1.11. The van der Waals surface area contributed by atoms with Crippen LogP contribution in [0, 0.1) is 6.92 Å². The van der Waals surface area contributed by atoms with E-state index in [1.54, 1.807) is 11.3 Å². The van der Waals surface area contributed by atoms with E-state index in [4.69, 9.17) is 4.98 Å². The Morgan fingerprint density at radius 3 is 2.83 bits per heavy atom. The molecule has 120 valence electrons. The molecule has 4 rings (SSSR count). The van der Waals surface area contributed by atoms with E-state index in [1.165, 1.54) is 10.4 Å². The molecule has 0 aliphatic heterocycles. The molecule has 0 spiro atoms. The van der Waals surface area contributed by atoms with Crippen molar-refractivity contribution in [3.63, 3.8) is 0 Å². The zero-order chi connectivity index (χ0) is 16.7. The van der Waals surface area contributed by atoms with Gasteiger partial charge in [-0.2, -0.15) is 0 Å². The first-order valence-corrected chi connectivity index (χ1v) is 8.91. The van der Waals surface area contributed by atoms with E-state index in [0.717, 1.165) is 36.1 Å². The van der Waals surface area contributed by atoms with E-state index in [1.807, 2.05) is 24.3 Å². The summed E-state index contributed by atoms with van der Waals surface area (Å²) in [6.45, 7) is 2.09. The zero-order valence-corrected chi connectivity index (χ0v) is 14.2. The van der Waals surface area contributed by atoms with E-state index in [-0.39, 0.29) is 0 Å². The zero-order valence-electron chi connectivity index (χ0n) is 13.3. The van der Waals surface area contributed by atoms with Gasteiger partial charge >= 0.3 is 0 Å². The summed E-state index contributed by atoms with van der Waals surface area (Å²) in [5.74, 6) is -1.11. The monoisotopic (exact) mass is 334 g/mol. The number of hydrogen-bond donors (Lipinski definition) is 0. The Bertz CT molecular complexity index is 984. The number of para-hydroxylation sites is 1. The molecule has 4 heteroatoms. The molecule has 3 aromatic rings. The smallest absolute Gasteiger partial charge is 0.0725 e. The van der Waals surface area contributed by atoms with E-state index in [9.17, 15) is 9.90 Å². The van der Waals surface area contributed by atoms with E-state index >= 15 is 0 Å². The number of aryl methyl sites for hydroxylation is 1. The van der Waals surface area contributed by atoms with Crippen LogP contribution < -0.4 is 5.11 Å². The molecule has 0 unspecified atom stereocenters. The number of nitrogens with zero attached hydrogens (tertiary/aromatic N) is 1. The molecule has 0 bridgehead atoms. The number of carboxylic acids is 1. The Morgan fingerprint density at radius 2 is 2.08 bits per heavy atom. The molecule has 0 atom stereocenters. The summed E-state index contributed by atoms with van der Waals surface area (Å²) in [7, 11) is 0. The van der Waals surface area contributed by atoms with Crippen LogP contribution in [0.5, 0.6) is 0 Å². The summed E-state index contributed by atoms with van der Waals surface area (Å²) < 4.78 is 0. The summed E-state index contributed by atoms with van der Waals surface area (Å²) in [6.07, 6.45) is 4.75. The van der Waals surface area contributed by atoms with Crippen LogP contribution in [0.15, 0.2) is 35.7 Å². The molecule has 0 fully saturated rings. The van der Waals surface area contributed by atoms with Gasteiger partial charge in [-0.3, -0.25) is 0 Å². The van der Waals surface area contributed by atoms with Crippen molar-refractivity contribution >= 4 is 39.9 Å². The van der Waals surface area contributed by atoms with Crippen LogP contribution in [0.3, 0.4) is 0 Å². The molecule has 1 aromatic carbocycles. The van der Waals surface area contributed by atoms with Gasteiger partial charge in [0, 0.05) is 15.8 Å². The van der Waals surface area contributed by atoms with Gasteiger partial charge in [0.2, 0.25) is 0 Å². The SMILES string of the molecule is Cc1ccsc1/C=C1\CCCc2c1nc1ccccc1c2C(=O)[O-]. The lowest BCUT2D eigenvalue weighted by atomic mass is 9.86. The lowest BCUT2D eigenvalue weighted by Gasteiger charge is -2.23. The molecular weight excluding hydrogens is 318 g/mol. The van der Waals surface area contributed by atoms with Gasteiger partial charge in [0.1, 0.15) is 0 Å². The Labute approximate surface area is 144 Å². The second kappa shape index (κ2) is 5.87. The fourth-order valence-corrected chi connectivity index (χ4v) is 4.28. The predicted molar refractivity (Wildman–Crippen MR) is 95.9 cm³/mol. The maximum absolute atomic E-state index is 11.8. The number of aromatic nitrogens is 1. The highest BCUT2D eigenvalue weighted by atomic mass is 32.1. The van der Waals surface area contributed by atoms with Gasteiger partial charge in [-0.15, -0.1) is 11.3 Å². The van der Waals surface area contributed by atoms with Crippen LogP contribution in [0.4, 0.5) is 0 Å². The number of benzene rings is 1. The van der Waals surface area contributed by atoms with E-state index < -0.39 is 5.97 Å². The molecule has 2 aromatic heterocycles. The van der Waals surface area contributed by atoms with Crippen molar-refractivity contribution in [1.29, 1.82) is 0 Å². The topological polar surface area (TPSA) is 53.0 Å². The number of carbonyl (C=O) groups is 1. The van der Waals surface area contributed by atoms with E-state index in [2.05, 4.69) is 24.4 Å². The first-order chi connectivity index (χ1) is 11.6. The Hall–Kier alpha value is -2.46. The van der Waals surface area contributed by atoms with Crippen LogP contribution in [-0.2, 0) is 6.42 Å². The minimum absolute atomic E-state index is 0.309. The van der Waals surface area contributed by atoms with Gasteiger partial charge in [-0.05, 0) is 66.5 Å². The molecule has 1 aliphatic rings. The average molecular weight is 334 g/mol. The molecule has 1 aliphatic carbocycles. The van der Waals surface area contributed by atoms with Crippen molar-refractivity contribution in [3.8, 4) is 0 Å². The second-order valence-electron chi connectivity index (χ2n) is 6.11. The molecule has 0 saturated carbocycles. The van der Waals surface area contributed by atoms with Gasteiger partial charge < -0.3 is 9.90 Å². The molecule has 0 radical (unpaired) electrons. The molecule has 0 N–H and O–H groups in total. The van der Waals surface area contributed by atoms with Gasteiger partial charge in [0.05, 0.1) is 17.2 Å². The van der Waals surface area contributed by atoms with Crippen molar-refractivity contribution in [3.05, 3.63) is 63.0 Å². The summed E-state index contributed by atoms with van der Waals surface area (Å²) in [5.41, 5.74) is 5.03. The number of thiophene rings is 1. The van der Waals surface area contributed by atoms with Crippen LogP contribution >= 0.6 is 11.3 Å². The summed E-state index contributed by atoms with van der Waals surface area (Å²) >= 11 is 1.70. The number of carbonyl (C=O) groups excluding carboxylic acids is 1.